The molecule has 5 heteroatoms. The molecule has 4 nitrogen and oxygen atoms in total. The lowest BCUT2D eigenvalue weighted by Gasteiger charge is -2.30. The predicted molar refractivity (Wildman–Crippen MR) is 309 cm³/mol. The monoisotopic (exact) mass is 971 g/mol. The van der Waals surface area contributed by atoms with Crippen molar-refractivity contribution in [3.05, 3.63) is 271 Å². The predicted octanol–water partition coefficient (Wildman–Crippen LogP) is 18.5. The molecule has 14 aromatic rings. The van der Waals surface area contributed by atoms with Crippen LogP contribution in [0.3, 0.4) is 0 Å². The summed E-state index contributed by atoms with van der Waals surface area (Å²) in [7, 11) is 0. The topological polar surface area (TPSA) is 51.8 Å². The summed E-state index contributed by atoms with van der Waals surface area (Å²) in [5.74, 6) is 1.81. The summed E-state index contributed by atoms with van der Waals surface area (Å²) in [4.78, 5) is 16.1. The lowest BCUT2D eigenvalue weighted by Crippen LogP contribution is -2.25. The summed E-state index contributed by atoms with van der Waals surface area (Å²) >= 11 is 1.79. The number of hydrogen-bond acceptors (Lipinski definition) is 5. The Labute approximate surface area is 436 Å². The van der Waals surface area contributed by atoms with Crippen LogP contribution in [-0.2, 0) is 5.41 Å². The molecule has 2 aliphatic rings. The van der Waals surface area contributed by atoms with Gasteiger partial charge < -0.3 is 4.42 Å². The van der Waals surface area contributed by atoms with Gasteiger partial charge in [-0.15, -0.1) is 11.3 Å². The van der Waals surface area contributed by atoms with Crippen LogP contribution in [0.15, 0.2) is 253 Å². The number of furan rings is 1. The fourth-order valence-electron chi connectivity index (χ4n) is 12.6. The molecular formula is C70H41N3OS. The van der Waals surface area contributed by atoms with Crippen molar-refractivity contribution in [3.8, 4) is 89.8 Å². The Morgan fingerprint density at radius 3 is 1.59 bits per heavy atom. The van der Waals surface area contributed by atoms with E-state index in [1.807, 2.05) is 18.2 Å². The number of nitrogens with zero attached hydrogens (tertiary/aromatic N) is 3. The molecule has 75 heavy (non-hydrogen) atoms. The Morgan fingerprint density at radius 1 is 0.293 bits per heavy atom. The molecule has 348 valence electrons. The molecule has 16 rings (SSSR count). The van der Waals surface area contributed by atoms with Gasteiger partial charge in [-0.2, -0.15) is 0 Å². The van der Waals surface area contributed by atoms with Gasteiger partial charge in [0.05, 0.1) is 5.41 Å². The van der Waals surface area contributed by atoms with Crippen molar-refractivity contribution in [1.29, 1.82) is 0 Å². The van der Waals surface area contributed by atoms with Crippen LogP contribution < -0.4 is 0 Å². The molecule has 2 aliphatic carbocycles. The molecule has 0 unspecified atom stereocenters. The number of thiophene rings is 1. The van der Waals surface area contributed by atoms with Crippen LogP contribution >= 0.6 is 11.3 Å². The van der Waals surface area contributed by atoms with E-state index < -0.39 is 5.41 Å². The van der Waals surface area contributed by atoms with Crippen molar-refractivity contribution in [2.75, 3.05) is 0 Å². The first-order valence-electron chi connectivity index (χ1n) is 25.5. The average Bonchev–Trinajstić information content (AvgIpc) is 4.40. The highest BCUT2D eigenvalue weighted by Gasteiger charge is 2.52. The molecule has 3 heterocycles. The maximum absolute atomic E-state index is 6.70. The second-order valence-corrected chi connectivity index (χ2v) is 20.8. The summed E-state index contributed by atoms with van der Waals surface area (Å²) in [6.07, 6.45) is 0. The normalized spacial score (nSPS) is 12.9. The third-order valence-corrected chi connectivity index (χ3v) is 16.9. The van der Waals surface area contributed by atoms with E-state index >= 15 is 0 Å². The minimum Gasteiger partial charge on any atom is -0.456 e. The standard InChI is InChI=1S/C70H41N3OS/c1-2-17-42(18-3-1)43-19-13-22-47(40-43)67-71-68(73-69(72-67)54-29-16-36-63-66(54)52-26-7-11-35-62(52)75-63)53-28-15-34-61-65(53)55-41-45(37-38-60(55)74-61)44-20-12-21-46(39-44)48-27-14-33-59-64(48)51-25-6-10-32-58(51)70(59)56-30-8-4-23-49(56)50-24-5-9-31-57(50)70/h1-41H. The van der Waals surface area contributed by atoms with Crippen LogP contribution in [0, 0.1) is 0 Å². The van der Waals surface area contributed by atoms with Gasteiger partial charge in [-0.25, -0.2) is 15.0 Å². The number of aromatic nitrogens is 3. The molecule has 0 saturated heterocycles. The third kappa shape index (κ3) is 6.19. The number of benzene rings is 11. The van der Waals surface area contributed by atoms with E-state index in [1.54, 1.807) is 11.3 Å². The molecule has 0 fully saturated rings. The Morgan fingerprint density at radius 2 is 0.800 bits per heavy atom. The van der Waals surface area contributed by atoms with Gasteiger partial charge in [-0.3, -0.25) is 0 Å². The summed E-state index contributed by atoms with van der Waals surface area (Å²) in [5, 5.41) is 4.30. The van der Waals surface area contributed by atoms with Gasteiger partial charge in [0.25, 0.3) is 0 Å². The highest BCUT2D eigenvalue weighted by molar-refractivity contribution is 7.25. The quantitative estimate of drug-likeness (QED) is 0.167. The van der Waals surface area contributed by atoms with Gasteiger partial charge in [-0.1, -0.05) is 206 Å². The Hall–Kier alpha value is -9.55. The molecule has 0 aliphatic heterocycles. The van der Waals surface area contributed by atoms with Crippen molar-refractivity contribution in [2.24, 2.45) is 0 Å². The number of rotatable bonds is 6. The fraction of sp³-hybridized carbons (Fsp3) is 0.0143. The van der Waals surface area contributed by atoms with Crippen molar-refractivity contribution in [1.82, 2.24) is 15.0 Å². The largest absolute Gasteiger partial charge is 0.456 e. The van der Waals surface area contributed by atoms with Gasteiger partial charge in [0.2, 0.25) is 0 Å². The zero-order valence-electron chi connectivity index (χ0n) is 40.3. The van der Waals surface area contributed by atoms with Gasteiger partial charge in [-0.05, 0) is 120 Å². The number of hydrogen-bond donors (Lipinski definition) is 0. The zero-order valence-corrected chi connectivity index (χ0v) is 41.1. The van der Waals surface area contributed by atoms with E-state index in [9.17, 15) is 0 Å². The Kier molecular flexibility index (Phi) is 9.09. The third-order valence-electron chi connectivity index (χ3n) is 15.8. The van der Waals surface area contributed by atoms with Crippen molar-refractivity contribution in [2.45, 2.75) is 5.41 Å². The molecule has 1 spiro atoms. The highest BCUT2D eigenvalue weighted by Crippen LogP contribution is 2.64. The Balaban J connectivity index is 0.859. The zero-order chi connectivity index (χ0) is 49.2. The SMILES string of the molecule is c1ccc(-c2cccc(-c3nc(-c4cccc5oc6ccc(-c7cccc(-c8cccc9c8-c8ccccc8C98c9ccccc9-c9ccccc98)c7)cc6c45)nc(-c4cccc5sc6ccccc6c45)n3)c2)cc1. The lowest BCUT2D eigenvalue weighted by atomic mass is 9.70. The smallest absolute Gasteiger partial charge is 0.164 e. The molecule has 0 amide bonds. The molecule has 0 saturated carbocycles. The molecule has 0 bridgehead atoms. The van der Waals surface area contributed by atoms with Crippen LogP contribution in [0.5, 0.6) is 0 Å². The van der Waals surface area contributed by atoms with E-state index in [1.165, 1.54) is 70.4 Å². The summed E-state index contributed by atoms with van der Waals surface area (Å²) in [6.45, 7) is 0. The van der Waals surface area contributed by atoms with Crippen LogP contribution in [0.2, 0.25) is 0 Å². The van der Waals surface area contributed by atoms with E-state index in [0.29, 0.717) is 17.5 Å². The van der Waals surface area contributed by atoms with Gasteiger partial charge in [0, 0.05) is 47.6 Å². The second kappa shape index (κ2) is 16.2. The van der Waals surface area contributed by atoms with Gasteiger partial charge >= 0.3 is 0 Å². The summed E-state index contributed by atoms with van der Waals surface area (Å²) < 4.78 is 9.12. The second-order valence-electron chi connectivity index (χ2n) is 19.7. The van der Waals surface area contributed by atoms with Crippen LogP contribution in [-0.4, -0.2) is 15.0 Å². The minimum absolute atomic E-state index is 0.407. The van der Waals surface area contributed by atoms with E-state index in [-0.39, 0.29) is 0 Å². The first-order valence-corrected chi connectivity index (χ1v) is 26.3. The first kappa shape index (κ1) is 42.0. The summed E-state index contributed by atoms with van der Waals surface area (Å²) in [6, 6.07) is 89.8. The molecule has 0 atom stereocenters. The Bertz CT molecular complexity index is 4630. The molecule has 11 aromatic carbocycles. The first-order chi connectivity index (χ1) is 37.2. The highest BCUT2D eigenvalue weighted by atomic mass is 32.1. The van der Waals surface area contributed by atoms with Gasteiger partial charge in [0.1, 0.15) is 11.2 Å². The average molecular weight is 972 g/mol. The summed E-state index contributed by atoms with van der Waals surface area (Å²) in [5.41, 5.74) is 21.3. The van der Waals surface area contributed by atoms with Crippen LogP contribution in [0.1, 0.15) is 22.3 Å². The number of fused-ring (bicyclic) bond motifs is 16. The maximum Gasteiger partial charge on any atom is 0.164 e. The van der Waals surface area contributed by atoms with Crippen molar-refractivity contribution in [3.63, 3.8) is 0 Å². The fourth-order valence-corrected chi connectivity index (χ4v) is 13.8. The van der Waals surface area contributed by atoms with Crippen molar-refractivity contribution >= 4 is 53.4 Å². The minimum atomic E-state index is -0.407. The molecule has 3 aromatic heterocycles. The molecule has 0 N–H and O–H groups in total. The van der Waals surface area contributed by atoms with E-state index in [0.717, 1.165) is 66.3 Å². The molecular weight excluding hydrogens is 931 g/mol. The maximum atomic E-state index is 6.70. The van der Waals surface area contributed by atoms with Crippen molar-refractivity contribution < 1.29 is 4.42 Å². The van der Waals surface area contributed by atoms with E-state index in [2.05, 4.69) is 231 Å². The van der Waals surface area contributed by atoms with Gasteiger partial charge in [0.15, 0.2) is 17.5 Å². The van der Waals surface area contributed by atoms with Crippen LogP contribution in [0.25, 0.3) is 132 Å². The van der Waals surface area contributed by atoms with E-state index in [4.69, 9.17) is 19.4 Å². The lowest BCUT2D eigenvalue weighted by molar-refractivity contribution is 0.669. The van der Waals surface area contributed by atoms with Crippen LogP contribution in [0.4, 0.5) is 0 Å². The molecule has 0 radical (unpaired) electrons.